The molecule has 1 unspecified atom stereocenters. The summed E-state index contributed by atoms with van der Waals surface area (Å²) in [5, 5.41) is 2.63. The van der Waals surface area contributed by atoms with Gasteiger partial charge in [-0.3, -0.25) is 4.79 Å². The number of piperidine rings is 1. The van der Waals surface area contributed by atoms with Gasteiger partial charge >= 0.3 is 6.18 Å². The maximum atomic E-state index is 13.3. The molecule has 0 saturated carbocycles. The lowest BCUT2D eigenvalue weighted by atomic mass is 9.91. The number of carbonyl (C=O) groups excluding carboxylic acids is 1. The molecule has 0 spiro atoms. The summed E-state index contributed by atoms with van der Waals surface area (Å²) in [5.41, 5.74) is 4.51. The summed E-state index contributed by atoms with van der Waals surface area (Å²) in [6.07, 6.45) is -1.72. The summed E-state index contributed by atoms with van der Waals surface area (Å²) in [7, 11) is 1.99. The molecule has 1 amide bonds. The van der Waals surface area contributed by atoms with Gasteiger partial charge in [-0.05, 0) is 44.1 Å². The third kappa shape index (κ3) is 5.39. The molecule has 9 heteroatoms. The molecule has 1 fully saturated rings. The first-order chi connectivity index (χ1) is 13.7. The molecule has 0 radical (unpaired) electrons. The molecule has 0 bridgehead atoms. The van der Waals surface area contributed by atoms with Gasteiger partial charge in [-0.25, -0.2) is 0 Å². The van der Waals surface area contributed by atoms with Gasteiger partial charge in [-0.1, -0.05) is 48.4 Å². The Labute approximate surface area is 185 Å². The van der Waals surface area contributed by atoms with Crippen LogP contribution in [0.25, 0.3) is 0 Å². The Hall–Kier alpha value is -1.96. The van der Waals surface area contributed by atoms with Crippen molar-refractivity contribution >= 4 is 35.6 Å². The number of hydrogen-bond acceptors (Lipinski definition) is 3. The number of nitrogens with one attached hydrogen (secondary N) is 1. The third-order valence-electron chi connectivity index (χ3n) is 5.35. The highest BCUT2D eigenvalue weighted by Gasteiger charge is 2.36. The maximum Gasteiger partial charge on any atom is 0.418 e. The third-order valence-corrected chi connectivity index (χ3v) is 5.67. The zero-order valence-electron chi connectivity index (χ0n) is 16.4. The fraction of sp³-hybridized carbons (Fsp3) is 0.381. The molecule has 2 atom stereocenters. The number of alkyl halides is 3. The highest BCUT2D eigenvalue weighted by atomic mass is 35.5. The molecular formula is C21H24Cl2F3N3O. The van der Waals surface area contributed by atoms with Crippen molar-refractivity contribution in [3.8, 4) is 0 Å². The van der Waals surface area contributed by atoms with Gasteiger partial charge in [0, 0.05) is 11.6 Å². The van der Waals surface area contributed by atoms with E-state index in [2.05, 4.69) is 10.2 Å². The molecule has 30 heavy (non-hydrogen) atoms. The second-order valence-electron chi connectivity index (χ2n) is 7.32. The SMILES string of the molecule is CN1CCCC[C@@H]1C(NC(=O)c1cc(Cl)c(N)c(C(F)(F)F)c1)c1ccccc1.Cl. The van der Waals surface area contributed by atoms with Crippen LogP contribution in [0.2, 0.25) is 5.02 Å². The summed E-state index contributed by atoms with van der Waals surface area (Å²) in [6, 6.07) is 11.0. The number of likely N-dealkylation sites (N-methyl/N-ethyl adjacent to an activating group) is 1. The van der Waals surface area contributed by atoms with Crippen LogP contribution in [0.1, 0.15) is 46.8 Å². The van der Waals surface area contributed by atoms with Crippen LogP contribution in [0.5, 0.6) is 0 Å². The van der Waals surface area contributed by atoms with Gasteiger partial charge < -0.3 is 16.0 Å². The molecule has 164 valence electrons. The van der Waals surface area contributed by atoms with E-state index >= 15 is 0 Å². The normalized spacial score (nSPS) is 18.4. The molecular weight excluding hydrogens is 438 g/mol. The molecule has 3 rings (SSSR count). The number of amides is 1. The topological polar surface area (TPSA) is 58.4 Å². The highest BCUT2D eigenvalue weighted by Crippen LogP contribution is 2.38. The van der Waals surface area contributed by atoms with Gasteiger partial charge in [0.15, 0.2) is 0 Å². The Morgan fingerprint density at radius 3 is 2.50 bits per heavy atom. The van der Waals surface area contributed by atoms with Crippen molar-refractivity contribution in [2.45, 2.75) is 37.5 Å². The van der Waals surface area contributed by atoms with Crippen molar-refractivity contribution in [2.75, 3.05) is 19.3 Å². The quantitative estimate of drug-likeness (QED) is 0.605. The predicted molar refractivity (Wildman–Crippen MR) is 115 cm³/mol. The summed E-state index contributed by atoms with van der Waals surface area (Å²) in [6.45, 7) is 0.899. The van der Waals surface area contributed by atoms with E-state index in [-0.39, 0.29) is 35.1 Å². The second kappa shape index (κ2) is 9.90. The molecule has 1 aliphatic rings. The Balaban J connectivity index is 0.00000320. The first-order valence-corrected chi connectivity index (χ1v) is 9.78. The number of rotatable bonds is 4. The van der Waals surface area contributed by atoms with Gasteiger partial charge in [0.1, 0.15) is 0 Å². The summed E-state index contributed by atoms with van der Waals surface area (Å²) in [5.74, 6) is -0.620. The lowest BCUT2D eigenvalue weighted by Crippen LogP contribution is -2.47. The molecule has 1 heterocycles. The van der Waals surface area contributed by atoms with Crippen LogP contribution in [0.3, 0.4) is 0 Å². The number of hydrogen-bond donors (Lipinski definition) is 2. The summed E-state index contributed by atoms with van der Waals surface area (Å²) >= 11 is 5.88. The van der Waals surface area contributed by atoms with Gasteiger partial charge in [-0.2, -0.15) is 13.2 Å². The smallest absolute Gasteiger partial charge is 0.397 e. The lowest BCUT2D eigenvalue weighted by molar-refractivity contribution is -0.136. The van der Waals surface area contributed by atoms with E-state index in [0.29, 0.717) is 0 Å². The van der Waals surface area contributed by atoms with E-state index in [1.807, 2.05) is 37.4 Å². The molecule has 0 aromatic heterocycles. The number of nitrogens with two attached hydrogens (primary N) is 1. The summed E-state index contributed by atoms with van der Waals surface area (Å²) < 4.78 is 39.8. The van der Waals surface area contributed by atoms with E-state index in [1.54, 1.807) is 0 Å². The van der Waals surface area contributed by atoms with Gasteiger partial charge in [0.05, 0.1) is 22.3 Å². The number of nitrogens with zero attached hydrogens (tertiary/aromatic N) is 1. The van der Waals surface area contributed by atoms with Crippen LogP contribution in [0.15, 0.2) is 42.5 Å². The van der Waals surface area contributed by atoms with E-state index in [4.69, 9.17) is 17.3 Å². The number of nitrogen functional groups attached to an aromatic ring is 1. The van der Waals surface area contributed by atoms with E-state index in [9.17, 15) is 18.0 Å². The van der Waals surface area contributed by atoms with Crippen LogP contribution in [0, 0.1) is 0 Å². The second-order valence-corrected chi connectivity index (χ2v) is 7.73. The van der Waals surface area contributed by atoms with Crippen molar-refractivity contribution in [1.29, 1.82) is 0 Å². The van der Waals surface area contributed by atoms with Crippen LogP contribution in [0.4, 0.5) is 18.9 Å². The molecule has 2 aromatic rings. The van der Waals surface area contributed by atoms with Crippen LogP contribution >= 0.6 is 24.0 Å². The number of carbonyl (C=O) groups is 1. The van der Waals surface area contributed by atoms with Crippen molar-refractivity contribution in [3.63, 3.8) is 0 Å². The monoisotopic (exact) mass is 461 g/mol. The molecule has 3 N–H and O–H groups in total. The molecule has 0 aliphatic carbocycles. The molecule has 1 aliphatic heterocycles. The molecule has 4 nitrogen and oxygen atoms in total. The van der Waals surface area contributed by atoms with Crippen molar-refractivity contribution < 1.29 is 18.0 Å². The number of anilines is 1. The minimum atomic E-state index is -4.70. The van der Waals surface area contributed by atoms with Gasteiger partial charge in [0.25, 0.3) is 5.91 Å². The van der Waals surface area contributed by atoms with Crippen molar-refractivity contribution in [2.24, 2.45) is 0 Å². The van der Waals surface area contributed by atoms with E-state index in [1.165, 1.54) is 6.07 Å². The first kappa shape index (κ1) is 24.3. The Kier molecular flexibility index (Phi) is 8.02. The maximum absolute atomic E-state index is 13.3. The Morgan fingerprint density at radius 2 is 1.90 bits per heavy atom. The lowest BCUT2D eigenvalue weighted by Gasteiger charge is -2.38. The van der Waals surface area contributed by atoms with Crippen LogP contribution < -0.4 is 11.1 Å². The molecule has 1 saturated heterocycles. The number of benzene rings is 2. The Bertz CT molecular complexity index is 878. The Morgan fingerprint density at radius 1 is 1.23 bits per heavy atom. The average Bonchev–Trinajstić information content (AvgIpc) is 2.68. The zero-order chi connectivity index (χ0) is 21.2. The largest absolute Gasteiger partial charge is 0.418 e. The standard InChI is InChI=1S/C21H23ClF3N3O.ClH/c1-28-10-6-5-9-17(28)19(13-7-3-2-4-8-13)27-20(29)14-11-15(21(23,24)25)18(26)16(22)12-14;/h2-4,7-8,11-12,17,19H,5-6,9-10,26H2,1H3,(H,27,29);1H/t17-,19?;/m1./s1. The van der Waals surface area contributed by atoms with Crippen molar-refractivity contribution in [1.82, 2.24) is 10.2 Å². The minimum Gasteiger partial charge on any atom is -0.397 e. The van der Waals surface area contributed by atoms with E-state index in [0.717, 1.165) is 37.4 Å². The average molecular weight is 462 g/mol. The predicted octanol–water partition coefficient (Wildman–Crippen LogP) is 5.32. The van der Waals surface area contributed by atoms with E-state index < -0.39 is 23.3 Å². The highest BCUT2D eigenvalue weighted by molar-refractivity contribution is 6.33. The fourth-order valence-electron chi connectivity index (χ4n) is 3.79. The fourth-order valence-corrected chi connectivity index (χ4v) is 4.01. The number of likely N-dealkylation sites (tertiary alicyclic amines) is 1. The van der Waals surface area contributed by atoms with Crippen molar-refractivity contribution in [3.05, 3.63) is 64.2 Å². The molecule has 2 aromatic carbocycles. The van der Waals surface area contributed by atoms with Gasteiger partial charge in [0.2, 0.25) is 0 Å². The van der Waals surface area contributed by atoms with Gasteiger partial charge in [-0.15, -0.1) is 12.4 Å². The zero-order valence-corrected chi connectivity index (χ0v) is 17.9. The van der Waals surface area contributed by atoms with Crippen LogP contribution in [-0.4, -0.2) is 30.4 Å². The van der Waals surface area contributed by atoms with Crippen LogP contribution in [-0.2, 0) is 6.18 Å². The summed E-state index contributed by atoms with van der Waals surface area (Å²) in [4.78, 5) is 15.1. The minimum absolute atomic E-state index is 0. The first-order valence-electron chi connectivity index (χ1n) is 9.40. The number of halogens is 5.